The number of benzene rings is 2. The normalized spacial score (nSPS) is 15.8. The lowest BCUT2D eigenvalue weighted by molar-refractivity contribution is -0.116. The van der Waals surface area contributed by atoms with Crippen LogP contribution in [0.1, 0.15) is 12.5 Å². The summed E-state index contributed by atoms with van der Waals surface area (Å²) in [5, 5.41) is 8.63. The van der Waals surface area contributed by atoms with Crippen LogP contribution in [0.5, 0.6) is 0 Å². The number of H-pyrrole nitrogens is 1. The minimum absolute atomic E-state index is 0.0459. The van der Waals surface area contributed by atoms with Gasteiger partial charge in [0.2, 0.25) is 11.1 Å². The van der Waals surface area contributed by atoms with Gasteiger partial charge in [-0.1, -0.05) is 53.2 Å². The summed E-state index contributed by atoms with van der Waals surface area (Å²) in [7, 11) is 0. The van der Waals surface area contributed by atoms with Gasteiger partial charge in [-0.2, -0.15) is 0 Å². The number of carbonyl (C=O) groups is 1. The van der Waals surface area contributed by atoms with Gasteiger partial charge in [0.1, 0.15) is 0 Å². The maximum atomic E-state index is 12.8. The fourth-order valence-electron chi connectivity index (χ4n) is 3.25. The molecule has 1 aromatic heterocycles. The number of nitrogens with one attached hydrogen (secondary N) is 1. The summed E-state index contributed by atoms with van der Waals surface area (Å²) in [4.78, 5) is 19.1. The zero-order valence-electron chi connectivity index (χ0n) is 14.4. The number of aromatic amines is 1. The van der Waals surface area contributed by atoms with E-state index in [1.807, 2.05) is 23.1 Å². The van der Waals surface area contributed by atoms with Gasteiger partial charge in [-0.05, 0) is 43.2 Å². The fraction of sp³-hybridized carbons (Fsp3) is 0.211. The summed E-state index contributed by atoms with van der Waals surface area (Å²) in [6.45, 7) is 2.06. The second-order valence-corrected chi connectivity index (χ2v) is 8.11. The quantitative estimate of drug-likeness (QED) is 0.615. The number of nitrogens with zero attached hydrogens (tertiary/aromatic N) is 3. The molecule has 0 spiro atoms. The number of anilines is 1. The van der Waals surface area contributed by atoms with Crippen LogP contribution in [0.2, 0.25) is 10.0 Å². The Kier molecular flexibility index (Phi) is 5.12. The van der Waals surface area contributed by atoms with Crippen LogP contribution in [0.15, 0.2) is 47.6 Å². The van der Waals surface area contributed by atoms with Gasteiger partial charge in [-0.15, -0.1) is 5.10 Å². The molecular weight excluding hydrogens is 403 g/mol. The van der Waals surface area contributed by atoms with Crippen molar-refractivity contribution in [3.63, 3.8) is 0 Å². The van der Waals surface area contributed by atoms with E-state index < -0.39 is 0 Å². The third kappa shape index (κ3) is 3.70. The summed E-state index contributed by atoms with van der Waals surface area (Å²) in [5.74, 6) is 0.834. The molecule has 0 aliphatic carbocycles. The van der Waals surface area contributed by atoms with E-state index in [2.05, 4.69) is 28.2 Å². The van der Waals surface area contributed by atoms with Crippen LogP contribution in [-0.4, -0.2) is 32.9 Å². The SMILES string of the molecule is CC1Cc2ccccc2N1C(=O)CSc1n[nH]c(-c2cc(Cl)ccc2Cl)n1. The van der Waals surface area contributed by atoms with Gasteiger partial charge in [-0.25, -0.2) is 4.98 Å². The minimum Gasteiger partial charge on any atom is -0.308 e. The Morgan fingerprint density at radius 1 is 1.30 bits per heavy atom. The molecule has 1 N–H and O–H groups in total. The second kappa shape index (κ2) is 7.54. The van der Waals surface area contributed by atoms with Gasteiger partial charge in [0.15, 0.2) is 5.82 Å². The van der Waals surface area contributed by atoms with E-state index in [0.29, 0.717) is 26.6 Å². The molecule has 1 atom stereocenters. The van der Waals surface area contributed by atoms with Crippen molar-refractivity contribution >= 4 is 46.6 Å². The third-order valence-corrected chi connectivity index (χ3v) is 5.85. The molecule has 0 saturated heterocycles. The first-order valence-electron chi connectivity index (χ1n) is 8.43. The minimum atomic E-state index is 0.0459. The molecule has 0 bridgehead atoms. The molecule has 1 aliphatic heterocycles. The Morgan fingerprint density at radius 2 is 2.11 bits per heavy atom. The van der Waals surface area contributed by atoms with Crippen LogP contribution in [0.3, 0.4) is 0 Å². The largest absolute Gasteiger partial charge is 0.308 e. The maximum Gasteiger partial charge on any atom is 0.237 e. The predicted octanol–water partition coefficient (Wildman–Crippen LogP) is 4.85. The van der Waals surface area contributed by atoms with Gasteiger partial charge >= 0.3 is 0 Å². The van der Waals surface area contributed by atoms with Crippen molar-refractivity contribution in [2.45, 2.75) is 24.5 Å². The number of carbonyl (C=O) groups excluding carboxylic acids is 1. The van der Waals surface area contributed by atoms with E-state index >= 15 is 0 Å². The van der Waals surface area contributed by atoms with Crippen molar-refractivity contribution in [2.24, 2.45) is 0 Å². The van der Waals surface area contributed by atoms with Crippen LogP contribution in [0.25, 0.3) is 11.4 Å². The molecule has 138 valence electrons. The van der Waals surface area contributed by atoms with Crippen LogP contribution in [0.4, 0.5) is 5.69 Å². The molecule has 1 unspecified atom stereocenters. The lowest BCUT2D eigenvalue weighted by Gasteiger charge is -2.22. The number of hydrogen-bond donors (Lipinski definition) is 1. The highest BCUT2D eigenvalue weighted by atomic mass is 35.5. The topological polar surface area (TPSA) is 61.9 Å². The Bertz CT molecular complexity index is 1010. The first-order chi connectivity index (χ1) is 13.0. The average Bonchev–Trinajstić information content (AvgIpc) is 3.25. The van der Waals surface area contributed by atoms with Crippen LogP contribution in [-0.2, 0) is 11.2 Å². The number of thioether (sulfide) groups is 1. The van der Waals surface area contributed by atoms with E-state index in [1.165, 1.54) is 17.3 Å². The maximum absolute atomic E-state index is 12.8. The van der Waals surface area contributed by atoms with E-state index in [1.54, 1.807) is 18.2 Å². The average molecular weight is 419 g/mol. The summed E-state index contributed by atoms with van der Waals surface area (Å²) in [6.07, 6.45) is 0.880. The molecule has 1 amide bonds. The molecule has 0 radical (unpaired) electrons. The van der Waals surface area contributed by atoms with E-state index in [0.717, 1.165) is 12.1 Å². The molecule has 8 heteroatoms. The van der Waals surface area contributed by atoms with E-state index in [-0.39, 0.29) is 17.7 Å². The van der Waals surface area contributed by atoms with E-state index in [4.69, 9.17) is 23.2 Å². The Hall–Kier alpha value is -2.02. The molecule has 1 aliphatic rings. The predicted molar refractivity (Wildman–Crippen MR) is 110 cm³/mol. The van der Waals surface area contributed by atoms with Crippen LogP contribution in [0, 0.1) is 0 Å². The number of hydrogen-bond acceptors (Lipinski definition) is 4. The number of fused-ring (bicyclic) bond motifs is 1. The molecule has 3 aromatic rings. The number of aromatic nitrogens is 3. The van der Waals surface area contributed by atoms with Gasteiger partial charge in [0.05, 0.1) is 10.8 Å². The van der Waals surface area contributed by atoms with Crippen molar-refractivity contribution in [1.82, 2.24) is 15.2 Å². The lowest BCUT2D eigenvalue weighted by Crippen LogP contribution is -2.36. The van der Waals surface area contributed by atoms with Gasteiger partial charge in [0.25, 0.3) is 0 Å². The monoisotopic (exact) mass is 418 g/mol. The molecule has 0 saturated carbocycles. The molecule has 27 heavy (non-hydrogen) atoms. The molecular formula is C19H16Cl2N4OS. The highest BCUT2D eigenvalue weighted by molar-refractivity contribution is 7.99. The van der Waals surface area contributed by atoms with Crippen LogP contribution < -0.4 is 4.90 Å². The Labute approximate surface area is 171 Å². The zero-order valence-corrected chi connectivity index (χ0v) is 16.8. The third-order valence-electron chi connectivity index (χ3n) is 4.45. The smallest absolute Gasteiger partial charge is 0.237 e. The Morgan fingerprint density at radius 3 is 2.96 bits per heavy atom. The summed E-state index contributed by atoms with van der Waals surface area (Å²) in [6, 6.07) is 13.3. The summed E-state index contributed by atoms with van der Waals surface area (Å²) in [5.41, 5.74) is 2.88. The van der Waals surface area contributed by atoms with Gasteiger partial charge in [0, 0.05) is 22.3 Å². The molecule has 5 nitrogen and oxygen atoms in total. The standard InChI is InChI=1S/C19H16Cl2N4OS/c1-11-8-12-4-2-3-5-16(12)25(11)17(26)10-27-19-22-18(23-24-19)14-9-13(20)6-7-15(14)21/h2-7,9,11H,8,10H2,1H3,(H,22,23,24). The van der Waals surface area contributed by atoms with Crippen molar-refractivity contribution in [3.8, 4) is 11.4 Å². The first-order valence-corrected chi connectivity index (χ1v) is 10.2. The second-order valence-electron chi connectivity index (χ2n) is 6.33. The number of rotatable bonds is 4. The fourth-order valence-corrected chi connectivity index (χ4v) is 4.29. The first kappa shape index (κ1) is 18.3. The van der Waals surface area contributed by atoms with Crippen molar-refractivity contribution in [1.29, 1.82) is 0 Å². The van der Waals surface area contributed by atoms with E-state index in [9.17, 15) is 4.79 Å². The Balaban J connectivity index is 1.46. The van der Waals surface area contributed by atoms with Crippen molar-refractivity contribution in [3.05, 3.63) is 58.1 Å². The summed E-state index contributed by atoms with van der Waals surface area (Å²) >= 11 is 13.5. The van der Waals surface area contributed by atoms with Gasteiger partial charge < -0.3 is 4.90 Å². The highest BCUT2D eigenvalue weighted by Gasteiger charge is 2.30. The number of amides is 1. The van der Waals surface area contributed by atoms with Crippen LogP contribution >= 0.6 is 35.0 Å². The number of halogens is 2. The van der Waals surface area contributed by atoms with Crippen molar-refractivity contribution in [2.75, 3.05) is 10.7 Å². The highest BCUT2D eigenvalue weighted by Crippen LogP contribution is 2.33. The zero-order chi connectivity index (χ0) is 19.0. The molecule has 2 heterocycles. The molecule has 0 fully saturated rings. The summed E-state index contributed by atoms with van der Waals surface area (Å²) < 4.78 is 0. The lowest BCUT2D eigenvalue weighted by atomic mass is 10.1. The molecule has 2 aromatic carbocycles. The number of para-hydroxylation sites is 1. The van der Waals surface area contributed by atoms with Crippen molar-refractivity contribution < 1.29 is 4.79 Å². The molecule has 4 rings (SSSR count). The van der Waals surface area contributed by atoms with Gasteiger partial charge in [-0.3, -0.25) is 9.89 Å².